The molecule has 0 aromatic heterocycles. The molecule has 2 heteroatoms. The molecule has 0 bridgehead atoms. The van der Waals surface area contributed by atoms with Gasteiger partial charge in [-0.25, -0.2) is 0 Å². The van der Waals surface area contributed by atoms with Gasteiger partial charge < -0.3 is 5.32 Å². The van der Waals surface area contributed by atoms with E-state index in [0.717, 1.165) is 18.5 Å². The van der Waals surface area contributed by atoms with E-state index in [0.29, 0.717) is 0 Å². The number of aryl methyl sites for hydroxylation is 2. The van der Waals surface area contributed by atoms with E-state index in [4.69, 9.17) is 0 Å². The third-order valence-electron chi connectivity index (χ3n) is 2.63. The maximum atomic E-state index is 10.9. The molecule has 1 aliphatic carbocycles. The number of rotatable bonds is 1. The number of fused-ring (bicyclic) bond motifs is 1. The zero-order valence-electron chi connectivity index (χ0n) is 9.13. The number of hydrogen-bond acceptors (Lipinski definition) is 1. The van der Waals surface area contributed by atoms with Crippen LogP contribution in [0.1, 0.15) is 30.0 Å². The third kappa shape index (κ3) is 2.27. The molecule has 0 spiro atoms. The molecule has 0 saturated carbocycles. The predicted molar refractivity (Wildman–Crippen MR) is 61.3 cm³/mol. The molecule has 1 aliphatic rings. The maximum Gasteiger partial charge on any atom is 0.220 e. The van der Waals surface area contributed by atoms with Gasteiger partial charge in [0.15, 0.2) is 0 Å². The van der Waals surface area contributed by atoms with Crippen LogP contribution in [0, 0.1) is 6.92 Å². The summed E-state index contributed by atoms with van der Waals surface area (Å²) in [4.78, 5) is 10.9. The summed E-state index contributed by atoms with van der Waals surface area (Å²) in [6, 6.07) is 6.47. The fourth-order valence-corrected chi connectivity index (χ4v) is 1.93. The average molecular weight is 201 g/mol. The summed E-state index contributed by atoms with van der Waals surface area (Å²) in [5.74, 6) is 0.0114. The molecule has 2 nitrogen and oxygen atoms in total. The first kappa shape index (κ1) is 9.97. The van der Waals surface area contributed by atoms with Crippen LogP contribution in [0.3, 0.4) is 0 Å². The molecule has 0 saturated heterocycles. The van der Waals surface area contributed by atoms with Crippen LogP contribution in [0.25, 0.3) is 6.08 Å². The van der Waals surface area contributed by atoms with Crippen LogP contribution in [0.15, 0.2) is 23.9 Å². The van der Waals surface area contributed by atoms with Crippen LogP contribution in [0.2, 0.25) is 0 Å². The topological polar surface area (TPSA) is 29.1 Å². The van der Waals surface area contributed by atoms with Gasteiger partial charge >= 0.3 is 0 Å². The zero-order chi connectivity index (χ0) is 10.8. The average Bonchev–Trinajstić information content (AvgIpc) is 2.16. The van der Waals surface area contributed by atoms with Crippen molar-refractivity contribution >= 4 is 12.0 Å². The number of carbonyl (C=O) groups excluding carboxylic acids is 1. The number of carbonyl (C=O) groups is 1. The highest BCUT2D eigenvalue weighted by molar-refractivity contribution is 5.77. The molecule has 1 aromatic rings. The van der Waals surface area contributed by atoms with Crippen molar-refractivity contribution in [3.05, 3.63) is 40.6 Å². The molecule has 0 heterocycles. The van der Waals surface area contributed by atoms with E-state index in [1.807, 2.05) is 0 Å². The number of allylic oxidation sites excluding steroid dienone is 1. The largest absolute Gasteiger partial charge is 0.330 e. The van der Waals surface area contributed by atoms with Crippen LogP contribution in [0.4, 0.5) is 0 Å². The Morgan fingerprint density at radius 2 is 2.13 bits per heavy atom. The molecule has 1 N–H and O–H groups in total. The van der Waals surface area contributed by atoms with Crippen LogP contribution in [-0.4, -0.2) is 5.91 Å². The minimum Gasteiger partial charge on any atom is -0.330 e. The SMILES string of the molecule is CC(=O)NC1=Cc2cc(C)ccc2CC1. The van der Waals surface area contributed by atoms with Gasteiger partial charge in [-0.15, -0.1) is 0 Å². The van der Waals surface area contributed by atoms with Crippen molar-refractivity contribution in [1.82, 2.24) is 5.32 Å². The maximum absolute atomic E-state index is 10.9. The van der Waals surface area contributed by atoms with Gasteiger partial charge in [-0.05, 0) is 37.0 Å². The Morgan fingerprint density at radius 3 is 2.87 bits per heavy atom. The van der Waals surface area contributed by atoms with E-state index in [9.17, 15) is 4.79 Å². The lowest BCUT2D eigenvalue weighted by molar-refractivity contribution is -0.118. The molecule has 0 atom stereocenters. The van der Waals surface area contributed by atoms with Crippen molar-refractivity contribution in [3.8, 4) is 0 Å². The molecule has 15 heavy (non-hydrogen) atoms. The van der Waals surface area contributed by atoms with Gasteiger partial charge in [0.05, 0.1) is 0 Å². The minimum atomic E-state index is 0.0114. The smallest absolute Gasteiger partial charge is 0.220 e. The molecule has 78 valence electrons. The first-order valence-electron chi connectivity index (χ1n) is 5.23. The normalized spacial score (nSPS) is 14.1. The van der Waals surface area contributed by atoms with Gasteiger partial charge in [0.1, 0.15) is 0 Å². The molecule has 1 amide bonds. The zero-order valence-corrected chi connectivity index (χ0v) is 9.13. The molecule has 0 radical (unpaired) electrons. The second-order valence-electron chi connectivity index (χ2n) is 4.05. The van der Waals surface area contributed by atoms with Gasteiger partial charge in [0.25, 0.3) is 0 Å². The quantitative estimate of drug-likeness (QED) is 0.742. The van der Waals surface area contributed by atoms with Crippen molar-refractivity contribution in [3.63, 3.8) is 0 Å². The summed E-state index contributed by atoms with van der Waals surface area (Å²) in [5, 5.41) is 2.86. The predicted octanol–water partition coefficient (Wildman–Crippen LogP) is 2.42. The lowest BCUT2D eigenvalue weighted by Gasteiger charge is -2.17. The van der Waals surface area contributed by atoms with E-state index in [1.54, 1.807) is 6.92 Å². The van der Waals surface area contributed by atoms with Gasteiger partial charge in [-0.3, -0.25) is 4.79 Å². The Morgan fingerprint density at radius 1 is 1.33 bits per heavy atom. The van der Waals surface area contributed by atoms with Crippen molar-refractivity contribution in [2.75, 3.05) is 0 Å². The van der Waals surface area contributed by atoms with E-state index in [2.05, 4.69) is 36.5 Å². The third-order valence-corrected chi connectivity index (χ3v) is 2.63. The first-order valence-corrected chi connectivity index (χ1v) is 5.23. The highest BCUT2D eigenvalue weighted by Gasteiger charge is 2.10. The number of benzene rings is 1. The van der Waals surface area contributed by atoms with Crippen molar-refractivity contribution in [2.45, 2.75) is 26.7 Å². The Kier molecular flexibility index (Phi) is 2.58. The summed E-state index contributed by atoms with van der Waals surface area (Å²) in [7, 11) is 0. The molecule has 0 unspecified atom stereocenters. The van der Waals surface area contributed by atoms with E-state index >= 15 is 0 Å². The molecule has 1 aromatic carbocycles. The molecule has 0 fully saturated rings. The van der Waals surface area contributed by atoms with E-state index < -0.39 is 0 Å². The van der Waals surface area contributed by atoms with Gasteiger partial charge in [0.2, 0.25) is 5.91 Å². The summed E-state index contributed by atoms with van der Waals surface area (Å²) < 4.78 is 0. The van der Waals surface area contributed by atoms with E-state index in [1.165, 1.54) is 16.7 Å². The standard InChI is InChI=1S/C13H15NO/c1-9-3-4-11-5-6-13(14-10(2)15)8-12(11)7-9/h3-4,7-8H,5-6H2,1-2H3,(H,14,15). The van der Waals surface area contributed by atoms with Crippen LogP contribution < -0.4 is 5.32 Å². The number of nitrogens with one attached hydrogen (secondary N) is 1. The van der Waals surface area contributed by atoms with Crippen molar-refractivity contribution < 1.29 is 4.79 Å². The number of amides is 1. The number of hydrogen-bond donors (Lipinski definition) is 1. The second-order valence-corrected chi connectivity index (χ2v) is 4.05. The molecular weight excluding hydrogens is 186 g/mol. The van der Waals surface area contributed by atoms with Gasteiger partial charge in [-0.1, -0.05) is 23.8 Å². The van der Waals surface area contributed by atoms with Crippen LogP contribution in [-0.2, 0) is 11.2 Å². The highest BCUT2D eigenvalue weighted by atomic mass is 16.1. The summed E-state index contributed by atoms with van der Waals surface area (Å²) >= 11 is 0. The van der Waals surface area contributed by atoms with Crippen molar-refractivity contribution in [2.24, 2.45) is 0 Å². The summed E-state index contributed by atoms with van der Waals surface area (Å²) in [5.41, 5.74) is 4.90. The monoisotopic (exact) mass is 201 g/mol. The van der Waals surface area contributed by atoms with Crippen molar-refractivity contribution in [1.29, 1.82) is 0 Å². The Hall–Kier alpha value is -1.57. The Balaban J connectivity index is 2.31. The lowest BCUT2D eigenvalue weighted by atomic mass is 9.94. The molecular formula is C13H15NO. The Labute approximate surface area is 90.0 Å². The fourth-order valence-electron chi connectivity index (χ4n) is 1.93. The summed E-state index contributed by atoms with van der Waals surface area (Å²) in [6.07, 6.45) is 4.02. The van der Waals surface area contributed by atoms with Crippen LogP contribution >= 0.6 is 0 Å². The molecule has 2 rings (SSSR count). The van der Waals surface area contributed by atoms with Gasteiger partial charge in [-0.2, -0.15) is 0 Å². The second kappa shape index (κ2) is 3.89. The lowest BCUT2D eigenvalue weighted by Crippen LogP contribution is -2.21. The van der Waals surface area contributed by atoms with Crippen LogP contribution in [0.5, 0.6) is 0 Å². The summed E-state index contributed by atoms with van der Waals surface area (Å²) in [6.45, 7) is 3.63. The highest BCUT2D eigenvalue weighted by Crippen LogP contribution is 2.23. The van der Waals surface area contributed by atoms with E-state index in [-0.39, 0.29) is 5.91 Å². The minimum absolute atomic E-state index is 0.0114. The Bertz CT molecular complexity index is 432. The fraction of sp³-hybridized carbons (Fsp3) is 0.308. The first-order chi connectivity index (χ1) is 7.15. The molecule has 0 aliphatic heterocycles. The van der Waals surface area contributed by atoms with Gasteiger partial charge in [0, 0.05) is 12.6 Å².